The first-order chi connectivity index (χ1) is 19.6. The summed E-state index contributed by atoms with van der Waals surface area (Å²) in [6.45, 7) is 0. The topological polar surface area (TPSA) is 92.3 Å². The van der Waals surface area contributed by atoms with Gasteiger partial charge in [0.05, 0.1) is 33.8 Å². The number of benzene rings is 2. The summed E-state index contributed by atoms with van der Waals surface area (Å²) < 4.78 is 48.6. The first kappa shape index (κ1) is 26.8. The Bertz CT molecular complexity index is 1830. The van der Waals surface area contributed by atoms with Crippen molar-refractivity contribution >= 4 is 40.2 Å². The molecule has 0 saturated carbocycles. The zero-order valence-electron chi connectivity index (χ0n) is 21.1. The Labute approximate surface area is 239 Å². The van der Waals surface area contributed by atoms with Crippen LogP contribution in [0.1, 0.15) is 39.8 Å². The van der Waals surface area contributed by atoms with Crippen LogP contribution in [0.2, 0.25) is 4.34 Å². The van der Waals surface area contributed by atoms with E-state index in [1.807, 2.05) is 0 Å². The van der Waals surface area contributed by atoms with Gasteiger partial charge in [-0.05, 0) is 36.4 Å². The molecule has 0 bridgehead atoms. The van der Waals surface area contributed by atoms with Crippen LogP contribution < -0.4 is 4.74 Å². The molecule has 41 heavy (non-hydrogen) atoms. The Hall–Kier alpha value is -4.42. The molecule has 8 nitrogen and oxygen atoms in total. The van der Waals surface area contributed by atoms with Crippen LogP contribution in [0.3, 0.4) is 0 Å². The third kappa shape index (κ3) is 5.00. The highest BCUT2D eigenvalue weighted by molar-refractivity contribution is 7.19. The Morgan fingerprint density at radius 2 is 1.90 bits per heavy atom. The summed E-state index contributed by atoms with van der Waals surface area (Å²) in [7, 11) is 1.53. The van der Waals surface area contributed by atoms with Gasteiger partial charge in [0.15, 0.2) is 17.0 Å². The number of aromatic nitrogens is 3. The average Bonchev–Trinajstić information content (AvgIpc) is 3.70. The largest absolute Gasteiger partial charge is 0.508 e. The van der Waals surface area contributed by atoms with Crippen LogP contribution in [-0.2, 0) is 6.18 Å². The van der Waals surface area contributed by atoms with Gasteiger partial charge >= 0.3 is 6.18 Å². The number of phenolic OH excluding ortho intramolecular Hbond substituents is 1. The molecular weight excluding hydrogens is 579 g/mol. The number of alkyl halides is 3. The van der Waals surface area contributed by atoms with E-state index in [0.717, 1.165) is 22.4 Å². The van der Waals surface area contributed by atoms with Crippen LogP contribution in [0.4, 0.5) is 13.2 Å². The third-order valence-electron chi connectivity index (χ3n) is 6.58. The summed E-state index contributed by atoms with van der Waals surface area (Å²) in [5, 5.41) is 20.3. The SMILES string of the molecule is COc1cccc(C2=NN(C(=O)c3cc4nc(-c5ccc(Cl)s5)cc(C(F)(F)F)n4n3)C(c3ccccc3O)C2)c1. The Morgan fingerprint density at radius 3 is 2.61 bits per heavy atom. The number of fused-ring (bicyclic) bond motifs is 1. The molecule has 3 aromatic heterocycles. The van der Waals surface area contributed by atoms with Crippen molar-refractivity contribution < 1.29 is 27.8 Å². The van der Waals surface area contributed by atoms with Crippen molar-refractivity contribution in [2.45, 2.75) is 18.6 Å². The van der Waals surface area contributed by atoms with E-state index in [1.165, 1.54) is 19.2 Å². The van der Waals surface area contributed by atoms with Gasteiger partial charge in [0.2, 0.25) is 0 Å². The fourth-order valence-electron chi connectivity index (χ4n) is 4.66. The second-order valence-corrected chi connectivity index (χ2v) is 10.8. The van der Waals surface area contributed by atoms with Crippen LogP contribution >= 0.6 is 22.9 Å². The van der Waals surface area contributed by atoms with Gasteiger partial charge in [-0.15, -0.1) is 11.3 Å². The number of halogens is 4. The summed E-state index contributed by atoms with van der Waals surface area (Å²) in [5.74, 6) is -0.216. The number of hydrogen-bond acceptors (Lipinski definition) is 7. The lowest BCUT2D eigenvalue weighted by Gasteiger charge is -2.21. The van der Waals surface area contributed by atoms with Crippen LogP contribution in [-0.4, -0.2) is 43.4 Å². The molecule has 1 aliphatic heterocycles. The van der Waals surface area contributed by atoms with Crippen molar-refractivity contribution in [1.29, 1.82) is 0 Å². The number of para-hydroxylation sites is 1. The van der Waals surface area contributed by atoms with Crippen LogP contribution in [0, 0.1) is 0 Å². The van der Waals surface area contributed by atoms with Gasteiger partial charge in [-0.3, -0.25) is 4.79 Å². The lowest BCUT2D eigenvalue weighted by molar-refractivity contribution is -0.142. The summed E-state index contributed by atoms with van der Waals surface area (Å²) >= 11 is 7.07. The second-order valence-electron chi connectivity index (χ2n) is 9.13. The predicted octanol–water partition coefficient (Wildman–Crippen LogP) is 6.84. The summed E-state index contributed by atoms with van der Waals surface area (Å²) in [5.41, 5.74) is 0.138. The van der Waals surface area contributed by atoms with E-state index in [2.05, 4.69) is 15.2 Å². The van der Waals surface area contributed by atoms with E-state index in [-0.39, 0.29) is 29.2 Å². The van der Waals surface area contributed by atoms with Crippen molar-refractivity contribution in [1.82, 2.24) is 19.6 Å². The summed E-state index contributed by atoms with van der Waals surface area (Å²) in [6.07, 6.45) is -4.55. The maximum absolute atomic E-state index is 14.1. The minimum Gasteiger partial charge on any atom is -0.508 e. The van der Waals surface area contributed by atoms with E-state index < -0.39 is 23.8 Å². The molecule has 208 valence electrons. The molecule has 0 radical (unpaired) electrons. The third-order valence-corrected chi connectivity index (χ3v) is 7.83. The van der Waals surface area contributed by atoms with E-state index >= 15 is 0 Å². The number of amides is 1. The number of hydrazone groups is 1. The van der Waals surface area contributed by atoms with Gasteiger partial charge in [-0.25, -0.2) is 14.5 Å². The van der Waals surface area contributed by atoms with Crippen molar-refractivity contribution in [3.05, 3.63) is 99.6 Å². The Kier molecular flexibility index (Phi) is 6.66. The molecule has 4 heterocycles. The number of phenols is 1. The first-order valence-electron chi connectivity index (χ1n) is 12.2. The van der Waals surface area contributed by atoms with E-state index in [0.29, 0.717) is 36.3 Å². The highest BCUT2D eigenvalue weighted by Gasteiger charge is 2.38. The number of rotatable bonds is 5. The molecule has 13 heteroatoms. The quantitative estimate of drug-likeness (QED) is 0.240. The van der Waals surface area contributed by atoms with Gasteiger partial charge in [-0.1, -0.05) is 41.9 Å². The number of carbonyl (C=O) groups is 1. The zero-order chi connectivity index (χ0) is 28.9. The van der Waals surface area contributed by atoms with Crippen molar-refractivity contribution in [2.24, 2.45) is 5.10 Å². The number of carbonyl (C=O) groups excluding carboxylic acids is 1. The molecule has 1 N–H and O–H groups in total. The van der Waals surface area contributed by atoms with Crippen molar-refractivity contribution in [2.75, 3.05) is 7.11 Å². The highest BCUT2D eigenvalue weighted by atomic mass is 35.5. The molecule has 1 unspecified atom stereocenters. The van der Waals surface area contributed by atoms with E-state index in [9.17, 15) is 23.1 Å². The Balaban J connectivity index is 1.46. The lowest BCUT2D eigenvalue weighted by Crippen LogP contribution is -2.27. The molecule has 2 aromatic carbocycles. The van der Waals surface area contributed by atoms with Crippen molar-refractivity contribution in [3.8, 4) is 22.1 Å². The fourth-order valence-corrected chi connectivity index (χ4v) is 5.67. The first-order valence-corrected chi connectivity index (χ1v) is 13.4. The van der Waals surface area contributed by atoms with E-state index in [1.54, 1.807) is 54.6 Å². The van der Waals surface area contributed by atoms with Crippen LogP contribution in [0.25, 0.3) is 16.2 Å². The smallest absolute Gasteiger partial charge is 0.433 e. The molecule has 1 atom stereocenters. The standard InChI is InChI=1S/C28H19ClF3N5O3S/c1-40-16-6-4-5-15(11-16)18-12-21(17-7-2-3-8-22(17)38)36(34-18)27(39)20-14-26-33-19(23-9-10-25(29)41-23)13-24(28(30,31)32)37(26)35-20/h2-11,13-14,21,38H,12H2,1H3. The number of aromatic hydroxyl groups is 1. The minimum absolute atomic E-state index is 0.0483. The number of hydrogen-bond donors (Lipinski definition) is 1. The van der Waals surface area contributed by atoms with Gasteiger partial charge in [0, 0.05) is 23.6 Å². The van der Waals surface area contributed by atoms with Crippen molar-refractivity contribution in [3.63, 3.8) is 0 Å². The highest BCUT2D eigenvalue weighted by Crippen LogP contribution is 2.39. The molecule has 1 amide bonds. The minimum atomic E-state index is -4.78. The van der Waals surface area contributed by atoms with Crippen LogP contribution in [0.15, 0.2) is 77.9 Å². The normalized spacial score (nSPS) is 15.4. The maximum atomic E-state index is 14.1. The monoisotopic (exact) mass is 597 g/mol. The number of nitrogens with zero attached hydrogens (tertiary/aromatic N) is 5. The second kappa shape index (κ2) is 10.2. The molecule has 1 aliphatic rings. The predicted molar refractivity (Wildman–Crippen MR) is 147 cm³/mol. The number of thiophene rings is 1. The Morgan fingerprint density at radius 1 is 1.10 bits per heavy atom. The zero-order valence-corrected chi connectivity index (χ0v) is 22.7. The van der Waals surface area contributed by atoms with Gasteiger partial charge < -0.3 is 9.84 Å². The lowest BCUT2D eigenvalue weighted by atomic mass is 9.97. The van der Waals surface area contributed by atoms with Crippen LogP contribution in [0.5, 0.6) is 11.5 Å². The molecule has 6 rings (SSSR count). The molecule has 0 aliphatic carbocycles. The molecule has 0 saturated heterocycles. The maximum Gasteiger partial charge on any atom is 0.433 e. The molecule has 5 aromatic rings. The average molecular weight is 598 g/mol. The van der Waals surface area contributed by atoms with Gasteiger partial charge in [0.25, 0.3) is 5.91 Å². The molecule has 0 fully saturated rings. The fraction of sp³-hybridized carbons (Fsp3) is 0.143. The van der Waals surface area contributed by atoms with E-state index in [4.69, 9.17) is 16.3 Å². The van der Waals surface area contributed by atoms with Gasteiger partial charge in [-0.2, -0.15) is 23.4 Å². The number of methoxy groups -OCH3 is 1. The van der Waals surface area contributed by atoms with Gasteiger partial charge in [0.1, 0.15) is 11.5 Å². The number of ether oxygens (including phenoxy) is 1. The molecule has 0 spiro atoms. The summed E-state index contributed by atoms with van der Waals surface area (Å²) in [4.78, 5) is 18.6. The molecular formula is C28H19ClF3N5O3S. The summed E-state index contributed by atoms with van der Waals surface area (Å²) in [6, 6.07) is 18.1.